The van der Waals surface area contributed by atoms with Crippen molar-refractivity contribution >= 4 is 6.21 Å². The molecule has 0 spiro atoms. The van der Waals surface area contributed by atoms with Gasteiger partial charge in [-0.3, -0.25) is 4.99 Å². The Morgan fingerprint density at radius 3 is 2.36 bits per heavy atom. The van der Waals surface area contributed by atoms with Gasteiger partial charge in [-0.15, -0.1) is 0 Å². The molecule has 66 valence electrons. The Bertz CT molecular complexity index is 105. The Kier molecular flexibility index (Phi) is 6.19. The number of hydrogen-bond acceptors (Lipinski definition) is 1. The van der Waals surface area contributed by atoms with Crippen LogP contribution in [-0.2, 0) is 0 Å². The second-order valence-electron chi connectivity index (χ2n) is 3.62. The Morgan fingerprint density at radius 1 is 1.27 bits per heavy atom. The SMILES string of the molecule is CC[C@@H](C)C=NCCC(C)C. The van der Waals surface area contributed by atoms with Crippen molar-refractivity contribution < 1.29 is 0 Å². The summed E-state index contributed by atoms with van der Waals surface area (Å²) in [5.41, 5.74) is 0. The Labute approximate surface area is 70.9 Å². The third kappa shape index (κ3) is 7.57. The fourth-order valence-electron chi connectivity index (χ4n) is 0.693. The van der Waals surface area contributed by atoms with Gasteiger partial charge in [-0.05, 0) is 24.7 Å². The van der Waals surface area contributed by atoms with Gasteiger partial charge >= 0.3 is 0 Å². The fraction of sp³-hybridized carbons (Fsp3) is 0.900. The minimum Gasteiger partial charge on any atom is -0.297 e. The summed E-state index contributed by atoms with van der Waals surface area (Å²) >= 11 is 0. The van der Waals surface area contributed by atoms with Gasteiger partial charge in [0, 0.05) is 12.8 Å². The van der Waals surface area contributed by atoms with Crippen LogP contribution in [0, 0.1) is 11.8 Å². The molecule has 0 aromatic carbocycles. The summed E-state index contributed by atoms with van der Waals surface area (Å²) in [6.45, 7) is 9.87. The van der Waals surface area contributed by atoms with Crippen LogP contribution in [0.2, 0.25) is 0 Å². The molecular formula is C10H21N. The molecule has 1 heteroatoms. The topological polar surface area (TPSA) is 12.4 Å². The molecule has 0 rings (SSSR count). The van der Waals surface area contributed by atoms with E-state index in [1.807, 2.05) is 0 Å². The molecule has 0 aromatic heterocycles. The van der Waals surface area contributed by atoms with Crippen molar-refractivity contribution in [2.45, 2.75) is 40.5 Å². The zero-order valence-electron chi connectivity index (χ0n) is 8.30. The van der Waals surface area contributed by atoms with Gasteiger partial charge < -0.3 is 0 Å². The van der Waals surface area contributed by atoms with E-state index in [-0.39, 0.29) is 0 Å². The molecule has 0 bridgehead atoms. The van der Waals surface area contributed by atoms with E-state index >= 15 is 0 Å². The third-order valence-electron chi connectivity index (χ3n) is 1.84. The van der Waals surface area contributed by atoms with Crippen LogP contribution >= 0.6 is 0 Å². The lowest BCUT2D eigenvalue weighted by molar-refractivity contribution is 0.595. The Morgan fingerprint density at radius 2 is 1.91 bits per heavy atom. The number of rotatable bonds is 5. The molecule has 0 amide bonds. The van der Waals surface area contributed by atoms with Gasteiger partial charge in [0.2, 0.25) is 0 Å². The van der Waals surface area contributed by atoms with Crippen molar-refractivity contribution in [3.63, 3.8) is 0 Å². The number of aliphatic imine (C=N–C) groups is 1. The molecule has 0 aliphatic carbocycles. The molecule has 0 saturated heterocycles. The second kappa shape index (κ2) is 6.38. The van der Waals surface area contributed by atoms with E-state index in [9.17, 15) is 0 Å². The standard InChI is InChI=1S/C10H21N/c1-5-10(4)8-11-7-6-9(2)3/h8-10H,5-7H2,1-4H3/t10-/m1/s1. The second-order valence-corrected chi connectivity index (χ2v) is 3.62. The van der Waals surface area contributed by atoms with Gasteiger partial charge in [-0.1, -0.05) is 27.7 Å². The lowest BCUT2D eigenvalue weighted by Crippen LogP contribution is -1.96. The summed E-state index contributed by atoms with van der Waals surface area (Å²) < 4.78 is 0. The summed E-state index contributed by atoms with van der Waals surface area (Å²) in [7, 11) is 0. The van der Waals surface area contributed by atoms with Crippen molar-refractivity contribution in [2.75, 3.05) is 6.54 Å². The summed E-state index contributed by atoms with van der Waals surface area (Å²) in [6, 6.07) is 0. The van der Waals surface area contributed by atoms with Crippen molar-refractivity contribution in [2.24, 2.45) is 16.8 Å². The van der Waals surface area contributed by atoms with Crippen LogP contribution in [-0.4, -0.2) is 12.8 Å². The van der Waals surface area contributed by atoms with Crippen LogP contribution in [0.1, 0.15) is 40.5 Å². The van der Waals surface area contributed by atoms with E-state index in [0.29, 0.717) is 5.92 Å². The van der Waals surface area contributed by atoms with Crippen LogP contribution in [0.15, 0.2) is 4.99 Å². The largest absolute Gasteiger partial charge is 0.297 e. The van der Waals surface area contributed by atoms with E-state index in [1.165, 1.54) is 12.8 Å². The van der Waals surface area contributed by atoms with Crippen molar-refractivity contribution in [1.29, 1.82) is 0 Å². The number of nitrogens with zero attached hydrogens (tertiary/aromatic N) is 1. The van der Waals surface area contributed by atoms with Gasteiger partial charge in [0.05, 0.1) is 0 Å². The molecule has 1 atom stereocenters. The average Bonchev–Trinajstić information content (AvgIpc) is 1.97. The van der Waals surface area contributed by atoms with Gasteiger partial charge in [0.1, 0.15) is 0 Å². The molecule has 0 heterocycles. The maximum absolute atomic E-state index is 4.36. The molecular weight excluding hydrogens is 134 g/mol. The van der Waals surface area contributed by atoms with Gasteiger partial charge in [-0.25, -0.2) is 0 Å². The highest BCUT2D eigenvalue weighted by Gasteiger charge is 1.92. The first kappa shape index (κ1) is 10.7. The van der Waals surface area contributed by atoms with Crippen molar-refractivity contribution in [3.8, 4) is 0 Å². The highest BCUT2D eigenvalue weighted by molar-refractivity contribution is 5.59. The van der Waals surface area contributed by atoms with Crippen LogP contribution in [0.4, 0.5) is 0 Å². The molecule has 0 fully saturated rings. The summed E-state index contributed by atoms with van der Waals surface area (Å²) in [5.74, 6) is 1.44. The van der Waals surface area contributed by atoms with Gasteiger partial charge in [0.15, 0.2) is 0 Å². The van der Waals surface area contributed by atoms with Crippen LogP contribution in [0.5, 0.6) is 0 Å². The zero-order chi connectivity index (χ0) is 8.69. The predicted octanol–water partition coefficient (Wildman–Crippen LogP) is 3.15. The van der Waals surface area contributed by atoms with E-state index in [1.54, 1.807) is 0 Å². The van der Waals surface area contributed by atoms with E-state index < -0.39 is 0 Å². The Balaban J connectivity index is 3.29. The molecule has 0 aliphatic heterocycles. The lowest BCUT2D eigenvalue weighted by atomic mass is 10.1. The molecule has 0 N–H and O–H groups in total. The zero-order valence-corrected chi connectivity index (χ0v) is 8.30. The van der Waals surface area contributed by atoms with Crippen molar-refractivity contribution in [3.05, 3.63) is 0 Å². The normalized spacial score (nSPS) is 14.6. The summed E-state index contributed by atoms with van der Waals surface area (Å²) in [4.78, 5) is 4.36. The van der Waals surface area contributed by atoms with E-state index in [0.717, 1.165) is 12.5 Å². The lowest BCUT2D eigenvalue weighted by Gasteiger charge is -2.01. The first-order valence-electron chi connectivity index (χ1n) is 4.66. The highest BCUT2D eigenvalue weighted by Crippen LogP contribution is 2.00. The molecule has 11 heavy (non-hydrogen) atoms. The minimum absolute atomic E-state index is 0.655. The minimum atomic E-state index is 0.655. The van der Waals surface area contributed by atoms with E-state index in [2.05, 4.69) is 38.9 Å². The fourth-order valence-corrected chi connectivity index (χ4v) is 0.693. The average molecular weight is 155 g/mol. The molecule has 0 aromatic rings. The summed E-state index contributed by atoms with van der Waals surface area (Å²) in [6.07, 6.45) is 4.50. The molecule has 0 radical (unpaired) electrons. The quantitative estimate of drug-likeness (QED) is 0.541. The molecule has 0 unspecified atom stereocenters. The smallest absolute Gasteiger partial charge is 0.0387 e. The van der Waals surface area contributed by atoms with Crippen molar-refractivity contribution in [1.82, 2.24) is 0 Å². The van der Waals surface area contributed by atoms with E-state index in [4.69, 9.17) is 0 Å². The third-order valence-corrected chi connectivity index (χ3v) is 1.84. The Hall–Kier alpha value is -0.330. The molecule has 1 nitrogen and oxygen atoms in total. The molecule has 0 saturated carbocycles. The molecule has 0 aliphatic rings. The first-order valence-corrected chi connectivity index (χ1v) is 4.66. The van der Waals surface area contributed by atoms with Crippen LogP contribution in [0.25, 0.3) is 0 Å². The van der Waals surface area contributed by atoms with Gasteiger partial charge in [-0.2, -0.15) is 0 Å². The first-order chi connectivity index (χ1) is 5.16. The van der Waals surface area contributed by atoms with Gasteiger partial charge in [0.25, 0.3) is 0 Å². The summed E-state index contributed by atoms with van der Waals surface area (Å²) in [5, 5.41) is 0. The predicted molar refractivity (Wildman–Crippen MR) is 52.3 cm³/mol. The van der Waals surface area contributed by atoms with Crippen LogP contribution < -0.4 is 0 Å². The van der Waals surface area contributed by atoms with Crippen LogP contribution in [0.3, 0.4) is 0 Å². The maximum Gasteiger partial charge on any atom is 0.0387 e. The highest BCUT2D eigenvalue weighted by atomic mass is 14.7. The maximum atomic E-state index is 4.36. The number of hydrogen-bond donors (Lipinski definition) is 0. The monoisotopic (exact) mass is 155 g/mol.